The zero-order valence-corrected chi connectivity index (χ0v) is 12.6. The minimum absolute atomic E-state index is 0.141. The average molecular weight is 353 g/mol. The molecule has 7 heteroatoms. The van der Waals surface area contributed by atoms with E-state index in [2.05, 4.69) is 37.8 Å². The first-order valence-corrected chi connectivity index (χ1v) is 7.13. The molecule has 0 spiro atoms. The van der Waals surface area contributed by atoms with Crippen molar-refractivity contribution in [3.05, 3.63) is 28.2 Å². The Morgan fingerprint density at radius 1 is 1.45 bits per heavy atom. The number of nitrogens with zero attached hydrogens (tertiary/aromatic N) is 1. The lowest BCUT2D eigenvalue weighted by atomic mass is 10.1. The number of benzene rings is 1. The summed E-state index contributed by atoms with van der Waals surface area (Å²) in [4.78, 5) is 2.12. The molecule has 1 aromatic carbocycles. The van der Waals surface area contributed by atoms with Crippen LogP contribution in [0.2, 0.25) is 0 Å². The lowest BCUT2D eigenvalue weighted by Crippen LogP contribution is -2.48. The minimum atomic E-state index is -4.67. The maximum Gasteiger partial charge on any atom is 0.573 e. The molecule has 0 amide bonds. The van der Waals surface area contributed by atoms with Gasteiger partial charge in [0.05, 0.1) is 0 Å². The molecule has 2 rings (SSSR count). The quantitative estimate of drug-likeness (QED) is 0.904. The smallest absolute Gasteiger partial charge is 0.405 e. The summed E-state index contributed by atoms with van der Waals surface area (Å²) in [5.41, 5.74) is 0.541. The lowest BCUT2D eigenvalue weighted by molar-refractivity contribution is -0.275. The lowest BCUT2D eigenvalue weighted by Gasteiger charge is -2.32. The Balaban J connectivity index is 2.13. The third kappa shape index (κ3) is 4.64. The van der Waals surface area contributed by atoms with Gasteiger partial charge in [-0.2, -0.15) is 0 Å². The van der Waals surface area contributed by atoms with Crippen LogP contribution in [0.4, 0.5) is 13.2 Å². The molecule has 1 N–H and O–H groups in total. The zero-order chi connectivity index (χ0) is 14.8. The molecule has 1 unspecified atom stereocenters. The highest BCUT2D eigenvalue weighted by molar-refractivity contribution is 9.10. The van der Waals surface area contributed by atoms with Crippen LogP contribution in [0.1, 0.15) is 12.5 Å². The maximum absolute atomic E-state index is 12.4. The van der Waals surface area contributed by atoms with E-state index in [0.717, 1.165) is 19.6 Å². The van der Waals surface area contributed by atoms with Gasteiger partial charge in [0.25, 0.3) is 0 Å². The molecule has 1 atom stereocenters. The van der Waals surface area contributed by atoms with Crippen LogP contribution in [0.5, 0.6) is 5.75 Å². The van der Waals surface area contributed by atoms with Crippen molar-refractivity contribution in [2.75, 3.05) is 19.6 Å². The van der Waals surface area contributed by atoms with E-state index in [0.29, 0.717) is 22.6 Å². The topological polar surface area (TPSA) is 24.5 Å². The fourth-order valence-corrected chi connectivity index (χ4v) is 2.62. The molecule has 1 heterocycles. The molecule has 112 valence electrons. The van der Waals surface area contributed by atoms with Gasteiger partial charge in [-0.05, 0) is 19.1 Å². The predicted octanol–water partition coefficient (Wildman–Crippen LogP) is 3.14. The van der Waals surface area contributed by atoms with E-state index < -0.39 is 6.36 Å². The number of alkyl halides is 3. The first kappa shape index (κ1) is 15.6. The third-order valence-electron chi connectivity index (χ3n) is 3.10. The van der Waals surface area contributed by atoms with Crippen molar-refractivity contribution in [1.82, 2.24) is 10.2 Å². The van der Waals surface area contributed by atoms with Gasteiger partial charge in [-0.1, -0.05) is 22.0 Å². The summed E-state index contributed by atoms with van der Waals surface area (Å²) in [6, 6.07) is 5.09. The molecule has 0 saturated carbocycles. The first-order chi connectivity index (χ1) is 9.33. The Hall–Kier alpha value is -0.790. The Morgan fingerprint density at radius 2 is 2.20 bits per heavy atom. The molecule has 3 nitrogen and oxygen atoms in total. The fraction of sp³-hybridized carbons (Fsp3) is 0.538. The number of halogens is 4. The highest BCUT2D eigenvalue weighted by Crippen LogP contribution is 2.30. The first-order valence-electron chi connectivity index (χ1n) is 6.33. The number of hydrogen-bond acceptors (Lipinski definition) is 3. The molecule has 1 aliphatic rings. The van der Waals surface area contributed by atoms with E-state index >= 15 is 0 Å². The Morgan fingerprint density at radius 3 is 2.85 bits per heavy atom. The van der Waals surface area contributed by atoms with Crippen LogP contribution >= 0.6 is 15.9 Å². The summed E-state index contributed by atoms with van der Waals surface area (Å²) < 4.78 is 42.0. The summed E-state index contributed by atoms with van der Waals surface area (Å²) in [6.45, 7) is 4.96. The second kappa shape index (κ2) is 6.32. The van der Waals surface area contributed by atoms with Gasteiger partial charge in [-0.25, -0.2) is 0 Å². The van der Waals surface area contributed by atoms with Crippen molar-refractivity contribution in [3.63, 3.8) is 0 Å². The van der Waals surface area contributed by atoms with Crippen LogP contribution in [0.25, 0.3) is 0 Å². The normalized spacial score (nSPS) is 20.9. The van der Waals surface area contributed by atoms with E-state index in [4.69, 9.17) is 0 Å². The molecular formula is C13H16BrF3N2O. The van der Waals surface area contributed by atoms with E-state index in [1.165, 1.54) is 6.07 Å². The largest absolute Gasteiger partial charge is 0.573 e. The zero-order valence-electron chi connectivity index (χ0n) is 11.0. The number of hydrogen-bond donors (Lipinski definition) is 1. The molecular weight excluding hydrogens is 337 g/mol. The molecule has 20 heavy (non-hydrogen) atoms. The average Bonchev–Trinajstić information content (AvgIpc) is 2.31. The van der Waals surface area contributed by atoms with Gasteiger partial charge in [0.2, 0.25) is 0 Å². The Kier molecular flexibility index (Phi) is 4.93. The molecule has 1 aromatic rings. The second-order valence-electron chi connectivity index (χ2n) is 4.89. The SMILES string of the molecule is CC1CN(Cc2ccc(Br)cc2OC(F)(F)F)CCN1. The molecule has 0 aliphatic carbocycles. The van der Waals surface area contributed by atoms with Gasteiger partial charge in [0.15, 0.2) is 0 Å². The van der Waals surface area contributed by atoms with Crippen molar-refractivity contribution in [3.8, 4) is 5.75 Å². The van der Waals surface area contributed by atoms with Crippen molar-refractivity contribution in [1.29, 1.82) is 0 Å². The molecule has 0 radical (unpaired) electrons. The monoisotopic (exact) mass is 352 g/mol. The van der Waals surface area contributed by atoms with Crippen molar-refractivity contribution < 1.29 is 17.9 Å². The summed E-state index contributed by atoms with van der Waals surface area (Å²) >= 11 is 3.17. The molecule has 0 bridgehead atoms. The van der Waals surface area contributed by atoms with Gasteiger partial charge in [0, 0.05) is 42.3 Å². The second-order valence-corrected chi connectivity index (χ2v) is 5.81. The number of nitrogens with one attached hydrogen (secondary N) is 1. The minimum Gasteiger partial charge on any atom is -0.405 e. The molecule has 1 saturated heterocycles. The van der Waals surface area contributed by atoms with Crippen LogP contribution in [-0.2, 0) is 6.54 Å². The summed E-state index contributed by atoms with van der Waals surface area (Å²) in [7, 11) is 0. The standard InChI is InChI=1S/C13H16BrF3N2O/c1-9-7-19(5-4-18-9)8-10-2-3-11(14)6-12(10)20-13(15,16)17/h2-3,6,9,18H,4-5,7-8H2,1H3. The van der Waals surface area contributed by atoms with Crippen LogP contribution in [0.3, 0.4) is 0 Å². The van der Waals surface area contributed by atoms with Crippen molar-refractivity contribution in [2.45, 2.75) is 25.9 Å². The Labute approximate surface area is 124 Å². The van der Waals surface area contributed by atoms with E-state index in [1.807, 2.05) is 0 Å². The van der Waals surface area contributed by atoms with E-state index in [-0.39, 0.29) is 5.75 Å². The third-order valence-corrected chi connectivity index (χ3v) is 3.59. The van der Waals surface area contributed by atoms with E-state index in [1.54, 1.807) is 12.1 Å². The van der Waals surface area contributed by atoms with Crippen LogP contribution in [-0.4, -0.2) is 36.9 Å². The number of piperazine rings is 1. The predicted molar refractivity (Wildman–Crippen MR) is 73.6 cm³/mol. The summed E-state index contributed by atoms with van der Waals surface area (Å²) in [5, 5.41) is 3.30. The maximum atomic E-state index is 12.4. The van der Waals surface area contributed by atoms with E-state index in [9.17, 15) is 13.2 Å². The van der Waals surface area contributed by atoms with Crippen molar-refractivity contribution in [2.24, 2.45) is 0 Å². The number of ether oxygens (including phenoxy) is 1. The van der Waals surface area contributed by atoms with Gasteiger partial charge in [0.1, 0.15) is 5.75 Å². The summed E-state index contributed by atoms with van der Waals surface area (Å²) in [5.74, 6) is -0.141. The molecule has 0 aromatic heterocycles. The van der Waals surface area contributed by atoms with Gasteiger partial charge >= 0.3 is 6.36 Å². The van der Waals surface area contributed by atoms with Gasteiger partial charge in [-0.3, -0.25) is 4.90 Å². The van der Waals surface area contributed by atoms with Crippen LogP contribution < -0.4 is 10.1 Å². The highest BCUT2D eigenvalue weighted by atomic mass is 79.9. The Bertz CT molecular complexity index is 467. The molecule has 1 aliphatic heterocycles. The molecule has 1 fully saturated rings. The van der Waals surface area contributed by atoms with Gasteiger partial charge in [-0.15, -0.1) is 13.2 Å². The number of rotatable bonds is 3. The van der Waals surface area contributed by atoms with Crippen LogP contribution in [0.15, 0.2) is 22.7 Å². The fourth-order valence-electron chi connectivity index (χ4n) is 2.28. The van der Waals surface area contributed by atoms with Crippen LogP contribution in [0, 0.1) is 0 Å². The highest BCUT2D eigenvalue weighted by Gasteiger charge is 2.32. The van der Waals surface area contributed by atoms with Crippen molar-refractivity contribution >= 4 is 15.9 Å². The summed E-state index contributed by atoms with van der Waals surface area (Å²) in [6.07, 6.45) is -4.67. The van der Waals surface area contributed by atoms with Gasteiger partial charge < -0.3 is 10.1 Å².